The lowest BCUT2D eigenvalue weighted by Gasteiger charge is -2.31. The molecule has 0 aromatic heterocycles. The molecule has 1 heterocycles. The SMILES string of the molecule is Cc1ccc2c(c1)C(c1ccc(F)cc1)N(C(=O)c1ccc(OC(C)C)cc1)CC(=O)N2. The largest absolute Gasteiger partial charge is 0.491 e. The highest BCUT2D eigenvalue weighted by atomic mass is 19.1. The first-order valence-electron chi connectivity index (χ1n) is 10.6. The van der Waals surface area contributed by atoms with E-state index in [2.05, 4.69) is 5.32 Å². The molecule has 0 fully saturated rings. The van der Waals surface area contributed by atoms with Crippen molar-refractivity contribution in [1.29, 1.82) is 0 Å². The van der Waals surface area contributed by atoms with Crippen LogP contribution in [0.25, 0.3) is 0 Å². The van der Waals surface area contributed by atoms with Crippen LogP contribution >= 0.6 is 0 Å². The fraction of sp³-hybridized carbons (Fsp3) is 0.231. The first-order chi connectivity index (χ1) is 15.3. The summed E-state index contributed by atoms with van der Waals surface area (Å²) in [5.41, 5.74) is 3.59. The molecule has 1 aliphatic heterocycles. The molecule has 32 heavy (non-hydrogen) atoms. The average Bonchev–Trinajstić information content (AvgIpc) is 2.90. The number of carbonyl (C=O) groups is 2. The van der Waals surface area contributed by atoms with Crippen molar-refractivity contribution < 1.29 is 18.7 Å². The van der Waals surface area contributed by atoms with Crippen LogP contribution in [0.15, 0.2) is 66.7 Å². The molecule has 6 heteroatoms. The molecule has 1 atom stereocenters. The molecular weight excluding hydrogens is 407 g/mol. The second kappa shape index (κ2) is 8.83. The lowest BCUT2D eigenvalue weighted by molar-refractivity contribution is -0.117. The highest BCUT2D eigenvalue weighted by Crippen LogP contribution is 2.37. The zero-order chi connectivity index (χ0) is 22.8. The van der Waals surface area contributed by atoms with Gasteiger partial charge in [-0.2, -0.15) is 0 Å². The standard InChI is InChI=1S/C26H25FN2O3/c1-16(2)32-21-11-7-19(8-12-21)26(31)29-15-24(30)28-23-13-4-17(3)14-22(23)25(29)18-5-9-20(27)10-6-18/h4-14,16,25H,15H2,1-3H3,(H,28,30). The van der Waals surface area contributed by atoms with Gasteiger partial charge in [-0.3, -0.25) is 9.59 Å². The Morgan fingerprint density at radius 1 is 1.06 bits per heavy atom. The molecule has 0 spiro atoms. The van der Waals surface area contributed by atoms with Crippen molar-refractivity contribution in [1.82, 2.24) is 4.90 Å². The van der Waals surface area contributed by atoms with Crippen LogP contribution in [0, 0.1) is 12.7 Å². The Balaban J connectivity index is 1.79. The van der Waals surface area contributed by atoms with Gasteiger partial charge in [0.25, 0.3) is 5.91 Å². The highest BCUT2D eigenvalue weighted by molar-refractivity contribution is 6.01. The van der Waals surface area contributed by atoms with E-state index in [0.717, 1.165) is 16.7 Å². The number of halogens is 1. The molecule has 0 aliphatic carbocycles. The van der Waals surface area contributed by atoms with Gasteiger partial charge < -0.3 is 15.0 Å². The summed E-state index contributed by atoms with van der Waals surface area (Å²) in [4.78, 5) is 27.8. The molecule has 0 saturated carbocycles. The minimum absolute atomic E-state index is 0.0217. The van der Waals surface area contributed by atoms with Crippen molar-refractivity contribution in [3.05, 3.63) is 94.8 Å². The fourth-order valence-electron chi connectivity index (χ4n) is 3.93. The van der Waals surface area contributed by atoms with Crippen LogP contribution in [0.5, 0.6) is 5.75 Å². The normalized spacial score (nSPS) is 15.7. The number of hydrogen-bond donors (Lipinski definition) is 1. The lowest BCUT2D eigenvalue weighted by atomic mass is 9.94. The zero-order valence-corrected chi connectivity index (χ0v) is 18.3. The Hall–Kier alpha value is -3.67. The molecule has 0 bridgehead atoms. The van der Waals surface area contributed by atoms with Crippen LogP contribution in [-0.4, -0.2) is 29.4 Å². The molecule has 1 unspecified atom stereocenters. The molecule has 3 aromatic carbocycles. The maximum Gasteiger partial charge on any atom is 0.255 e. The first kappa shape index (κ1) is 21.6. The van der Waals surface area contributed by atoms with E-state index in [-0.39, 0.29) is 30.3 Å². The number of carbonyl (C=O) groups excluding carboxylic acids is 2. The van der Waals surface area contributed by atoms with Gasteiger partial charge in [-0.1, -0.05) is 29.8 Å². The van der Waals surface area contributed by atoms with Gasteiger partial charge in [-0.05, 0) is 68.8 Å². The van der Waals surface area contributed by atoms with Gasteiger partial charge >= 0.3 is 0 Å². The van der Waals surface area contributed by atoms with Gasteiger partial charge in [0, 0.05) is 16.8 Å². The van der Waals surface area contributed by atoms with Gasteiger partial charge in [0.1, 0.15) is 18.1 Å². The first-order valence-corrected chi connectivity index (χ1v) is 10.6. The van der Waals surface area contributed by atoms with E-state index < -0.39 is 6.04 Å². The number of anilines is 1. The molecule has 4 rings (SSSR count). The summed E-state index contributed by atoms with van der Waals surface area (Å²) in [5.74, 6) is -0.270. The Morgan fingerprint density at radius 3 is 2.41 bits per heavy atom. The molecule has 164 valence electrons. The second-order valence-corrected chi connectivity index (χ2v) is 8.22. The summed E-state index contributed by atoms with van der Waals surface area (Å²) in [6.07, 6.45) is 0.0217. The van der Waals surface area contributed by atoms with E-state index in [4.69, 9.17) is 4.74 Å². The van der Waals surface area contributed by atoms with Crippen LogP contribution in [0.3, 0.4) is 0 Å². The van der Waals surface area contributed by atoms with Crippen molar-refractivity contribution in [2.24, 2.45) is 0 Å². The third-order valence-corrected chi connectivity index (χ3v) is 5.32. The summed E-state index contributed by atoms with van der Waals surface area (Å²) in [5, 5.41) is 2.90. The summed E-state index contributed by atoms with van der Waals surface area (Å²) < 4.78 is 19.3. The number of hydrogen-bond acceptors (Lipinski definition) is 3. The van der Waals surface area contributed by atoms with Gasteiger partial charge in [-0.15, -0.1) is 0 Å². The van der Waals surface area contributed by atoms with E-state index in [1.807, 2.05) is 39.0 Å². The smallest absolute Gasteiger partial charge is 0.255 e. The summed E-state index contributed by atoms with van der Waals surface area (Å²) in [6.45, 7) is 5.69. The third kappa shape index (κ3) is 4.49. The van der Waals surface area contributed by atoms with Gasteiger partial charge in [0.05, 0.1) is 12.1 Å². The van der Waals surface area contributed by atoms with Crippen LogP contribution in [-0.2, 0) is 4.79 Å². The van der Waals surface area contributed by atoms with Gasteiger partial charge in [0.15, 0.2) is 0 Å². The van der Waals surface area contributed by atoms with Crippen molar-refractivity contribution in [2.75, 3.05) is 11.9 Å². The minimum atomic E-state index is -0.552. The number of rotatable bonds is 4. The highest BCUT2D eigenvalue weighted by Gasteiger charge is 2.34. The van der Waals surface area contributed by atoms with Crippen molar-refractivity contribution in [3.63, 3.8) is 0 Å². The number of ether oxygens (including phenoxy) is 1. The van der Waals surface area contributed by atoms with Crippen molar-refractivity contribution in [3.8, 4) is 5.75 Å². The quantitative estimate of drug-likeness (QED) is 0.624. The molecule has 2 amide bonds. The van der Waals surface area contributed by atoms with Gasteiger partial charge in [0.2, 0.25) is 5.91 Å². The predicted molar refractivity (Wildman–Crippen MR) is 121 cm³/mol. The number of amides is 2. The summed E-state index contributed by atoms with van der Waals surface area (Å²) >= 11 is 0. The van der Waals surface area contributed by atoms with E-state index in [1.165, 1.54) is 17.0 Å². The Labute approximate surface area is 186 Å². The third-order valence-electron chi connectivity index (χ3n) is 5.32. The fourth-order valence-corrected chi connectivity index (χ4v) is 3.93. The second-order valence-electron chi connectivity index (χ2n) is 8.22. The number of nitrogens with zero attached hydrogens (tertiary/aromatic N) is 1. The number of nitrogens with one attached hydrogen (secondary N) is 1. The molecule has 1 N–H and O–H groups in total. The molecule has 1 aliphatic rings. The summed E-state index contributed by atoms with van der Waals surface area (Å²) in [6, 6.07) is 18.1. The van der Waals surface area contributed by atoms with E-state index in [9.17, 15) is 14.0 Å². The lowest BCUT2D eigenvalue weighted by Crippen LogP contribution is -2.39. The number of benzene rings is 3. The van der Waals surface area contributed by atoms with E-state index in [1.54, 1.807) is 36.4 Å². The van der Waals surface area contributed by atoms with Crippen LogP contribution in [0.1, 0.15) is 46.9 Å². The predicted octanol–water partition coefficient (Wildman–Crippen LogP) is 5.11. The Bertz CT molecular complexity index is 1140. The van der Waals surface area contributed by atoms with Crippen LogP contribution < -0.4 is 10.1 Å². The van der Waals surface area contributed by atoms with Crippen molar-refractivity contribution in [2.45, 2.75) is 32.9 Å². The Kier molecular flexibility index (Phi) is 5.95. The zero-order valence-electron chi connectivity index (χ0n) is 18.3. The van der Waals surface area contributed by atoms with Crippen molar-refractivity contribution >= 4 is 17.5 Å². The van der Waals surface area contributed by atoms with Crippen LogP contribution in [0.4, 0.5) is 10.1 Å². The monoisotopic (exact) mass is 432 g/mol. The van der Waals surface area contributed by atoms with E-state index >= 15 is 0 Å². The van der Waals surface area contributed by atoms with Crippen LogP contribution in [0.2, 0.25) is 0 Å². The molecule has 0 saturated heterocycles. The number of aryl methyl sites for hydroxylation is 1. The molecule has 0 radical (unpaired) electrons. The Morgan fingerprint density at radius 2 is 1.75 bits per heavy atom. The molecule has 5 nitrogen and oxygen atoms in total. The average molecular weight is 432 g/mol. The summed E-state index contributed by atoms with van der Waals surface area (Å²) in [7, 11) is 0. The minimum Gasteiger partial charge on any atom is -0.491 e. The topological polar surface area (TPSA) is 58.6 Å². The molecule has 3 aromatic rings. The number of fused-ring (bicyclic) bond motifs is 1. The molecular formula is C26H25FN2O3. The maximum absolute atomic E-state index is 13.6. The van der Waals surface area contributed by atoms with E-state index in [0.29, 0.717) is 17.0 Å². The maximum atomic E-state index is 13.6. The van der Waals surface area contributed by atoms with Gasteiger partial charge in [-0.25, -0.2) is 4.39 Å².